The van der Waals surface area contributed by atoms with Gasteiger partial charge >= 0.3 is 6.03 Å². The monoisotopic (exact) mass is 290 g/mol. The summed E-state index contributed by atoms with van der Waals surface area (Å²) < 4.78 is 26.4. The zero-order chi connectivity index (χ0) is 14.4. The Hall–Kier alpha value is -1.19. The minimum atomic E-state index is -3.46. The van der Waals surface area contributed by atoms with Gasteiger partial charge in [-0.05, 0) is 12.8 Å². The van der Waals surface area contributed by atoms with Crippen molar-refractivity contribution in [2.75, 3.05) is 34.2 Å². The van der Waals surface area contributed by atoms with Crippen molar-refractivity contribution in [3.8, 4) is 0 Å². The van der Waals surface area contributed by atoms with Crippen LogP contribution in [0.2, 0.25) is 0 Å². The summed E-state index contributed by atoms with van der Waals surface area (Å²) in [4.78, 5) is 24.6. The second-order valence-corrected chi connectivity index (χ2v) is 7.21. The van der Waals surface area contributed by atoms with Gasteiger partial charge in [-0.15, -0.1) is 0 Å². The van der Waals surface area contributed by atoms with E-state index >= 15 is 0 Å². The number of nitrogens with zero attached hydrogens (tertiary/aromatic N) is 3. The van der Waals surface area contributed by atoms with Gasteiger partial charge in [0.05, 0.1) is 0 Å². The van der Waals surface area contributed by atoms with Crippen molar-refractivity contribution in [3.05, 3.63) is 0 Å². The topological polar surface area (TPSA) is 90.0 Å². The average Bonchev–Trinajstić information content (AvgIpc) is 2.55. The molecule has 1 N–H and O–H groups in total. The van der Waals surface area contributed by atoms with Gasteiger partial charge in [0.2, 0.25) is 0 Å². The Labute approximate surface area is 112 Å². The van der Waals surface area contributed by atoms with Crippen molar-refractivity contribution in [2.45, 2.75) is 18.4 Å². The molecule has 0 aromatic rings. The first kappa shape index (κ1) is 14.2. The van der Waals surface area contributed by atoms with Crippen LogP contribution in [-0.4, -0.2) is 73.6 Å². The third-order valence-electron chi connectivity index (χ3n) is 3.73. The normalized spacial score (nSPS) is 24.3. The molecule has 0 aromatic carbocycles. The molecule has 2 heterocycles. The lowest BCUT2D eigenvalue weighted by atomic mass is 9.88. The van der Waals surface area contributed by atoms with Crippen LogP contribution in [0.5, 0.6) is 0 Å². The van der Waals surface area contributed by atoms with Crippen molar-refractivity contribution in [1.82, 2.24) is 18.8 Å². The summed E-state index contributed by atoms with van der Waals surface area (Å²) in [5, 5.41) is 2.67. The first-order valence-electron chi connectivity index (χ1n) is 5.99. The molecule has 2 fully saturated rings. The number of nitrogens with one attached hydrogen (secondary N) is 1. The fraction of sp³-hybridized carbons (Fsp3) is 0.800. The third-order valence-corrected chi connectivity index (χ3v) is 5.67. The fourth-order valence-corrected chi connectivity index (χ4v) is 3.53. The van der Waals surface area contributed by atoms with E-state index in [1.165, 1.54) is 25.4 Å². The van der Waals surface area contributed by atoms with E-state index in [4.69, 9.17) is 0 Å². The second kappa shape index (κ2) is 4.43. The van der Waals surface area contributed by atoms with Gasteiger partial charge in [0.25, 0.3) is 16.1 Å². The van der Waals surface area contributed by atoms with Gasteiger partial charge < -0.3 is 5.32 Å². The van der Waals surface area contributed by atoms with Gasteiger partial charge in [0.15, 0.2) is 0 Å². The molecule has 1 spiro atoms. The van der Waals surface area contributed by atoms with Crippen LogP contribution in [0.15, 0.2) is 0 Å². The second-order valence-electron chi connectivity index (χ2n) is 5.07. The predicted octanol–water partition coefficient (Wildman–Crippen LogP) is -1.19. The number of amides is 3. The summed E-state index contributed by atoms with van der Waals surface area (Å²) in [6.07, 6.45) is 0.601. The van der Waals surface area contributed by atoms with Crippen LogP contribution < -0.4 is 5.32 Å². The molecule has 2 aliphatic heterocycles. The highest BCUT2D eigenvalue weighted by atomic mass is 32.2. The number of carbonyl (C=O) groups excluding carboxylic acids is 2. The number of carbonyl (C=O) groups is 2. The maximum Gasteiger partial charge on any atom is 0.324 e. The molecule has 3 amide bonds. The number of piperidine rings is 1. The van der Waals surface area contributed by atoms with Crippen LogP contribution >= 0.6 is 0 Å². The predicted molar refractivity (Wildman–Crippen MR) is 67.4 cm³/mol. The Morgan fingerprint density at radius 1 is 1.21 bits per heavy atom. The molecule has 2 aliphatic rings. The molecule has 9 heteroatoms. The quantitative estimate of drug-likeness (QED) is 0.647. The lowest BCUT2D eigenvalue weighted by Crippen LogP contribution is -2.57. The Bertz CT molecular complexity index is 508. The molecule has 0 aromatic heterocycles. The summed E-state index contributed by atoms with van der Waals surface area (Å²) in [5.74, 6) is -0.278. The lowest BCUT2D eigenvalue weighted by Gasteiger charge is -2.37. The van der Waals surface area contributed by atoms with E-state index in [0.29, 0.717) is 12.8 Å². The molecule has 108 valence electrons. The van der Waals surface area contributed by atoms with Crippen molar-refractivity contribution >= 4 is 22.1 Å². The van der Waals surface area contributed by atoms with E-state index < -0.39 is 21.8 Å². The number of likely N-dealkylation sites (N-methyl/N-ethyl adjacent to an activating group) is 1. The van der Waals surface area contributed by atoms with E-state index in [0.717, 1.165) is 9.21 Å². The Kier molecular flexibility index (Phi) is 3.31. The molecule has 2 saturated heterocycles. The number of hydrogen-bond acceptors (Lipinski definition) is 4. The average molecular weight is 290 g/mol. The molecule has 0 radical (unpaired) electrons. The van der Waals surface area contributed by atoms with E-state index in [1.807, 2.05) is 0 Å². The highest BCUT2D eigenvalue weighted by Crippen LogP contribution is 2.29. The van der Waals surface area contributed by atoms with E-state index in [1.54, 1.807) is 0 Å². The van der Waals surface area contributed by atoms with Gasteiger partial charge in [-0.3, -0.25) is 9.69 Å². The minimum Gasteiger partial charge on any atom is -0.323 e. The summed E-state index contributed by atoms with van der Waals surface area (Å²) >= 11 is 0. The van der Waals surface area contributed by atoms with E-state index in [2.05, 4.69) is 5.32 Å². The molecular formula is C10H18N4O4S. The molecule has 19 heavy (non-hydrogen) atoms. The van der Waals surface area contributed by atoms with Crippen LogP contribution in [0.3, 0.4) is 0 Å². The smallest absolute Gasteiger partial charge is 0.323 e. The first-order valence-corrected chi connectivity index (χ1v) is 7.38. The van der Waals surface area contributed by atoms with E-state index in [-0.39, 0.29) is 19.0 Å². The van der Waals surface area contributed by atoms with Crippen LogP contribution in [0.4, 0.5) is 4.79 Å². The standard InChI is InChI=1S/C10H18N4O4S/c1-12(2)19(17,18)14-6-4-10(5-7-14)8(15)13(3)9(16)11-10/h4-7H2,1-3H3,(H,11,16). The summed E-state index contributed by atoms with van der Waals surface area (Å²) in [7, 11) is 0.901. The van der Waals surface area contributed by atoms with Crippen LogP contribution in [0.1, 0.15) is 12.8 Å². The van der Waals surface area contributed by atoms with Gasteiger partial charge in [0, 0.05) is 34.2 Å². The van der Waals surface area contributed by atoms with Gasteiger partial charge in [-0.1, -0.05) is 0 Å². The SMILES string of the molecule is CN1C(=O)NC2(CCN(S(=O)(=O)N(C)C)CC2)C1=O. The molecule has 0 unspecified atom stereocenters. The molecule has 2 rings (SSSR count). The number of rotatable bonds is 2. The zero-order valence-corrected chi connectivity index (χ0v) is 12.0. The lowest BCUT2D eigenvalue weighted by molar-refractivity contribution is -0.131. The summed E-state index contributed by atoms with van der Waals surface area (Å²) in [6.45, 7) is 0.445. The number of hydrogen-bond donors (Lipinski definition) is 1. The highest BCUT2D eigenvalue weighted by Gasteiger charge is 2.52. The van der Waals surface area contributed by atoms with Crippen molar-refractivity contribution in [1.29, 1.82) is 0 Å². The molecular weight excluding hydrogens is 272 g/mol. The first-order chi connectivity index (χ1) is 8.70. The highest BCUT2D eigenvalue weighted by molar-refractivity contribution is 7.86. The number of imide groups is 1. The van der Waals surface area contributed by atoms with Gasteiger partial charge in [0.1, 0.15) is 5.54 Å². The van der Waals surface area contributed by atoms with Crippen molar-refractivity contribution < 1.29 is 18.0 Å². The maximum atomic E-state index is 12.0. The molecule has 8 nitrogen and oxygen atoms in total. The van der Waals surface area contributed by atoms with Gasteiger partial charge in [-0.25, -0.2) is 4.79 Å². The molecule has 0 atom stereocenters. The fourth-order valence-electron chi connectivity index (χ4n) is 2.42. The minimum absolute atomic E-state index is 0.223. The number of urea groups is 1. The molecule has 0 aliphatic carbocycles. The third kappa shape index (κ3) is 2.11. The summed E-state index contributed by atoms with van der Waals surface area (Å²) in [5.41, 5.74) is -0.926. The van der Waals surface area contributed by atoms with Crippen LogP contribution in [-0.2, 0) is 15.0 Å². The zero-order valence-electron chi connectivity index (χ0n) is 11.2. The van der Waals surface area contributed by atoms with Crippen LogP contribution in [0, 0.1) is 0 Å². The summed E-state index contributed by atoms with van der Waals surface area (Å²) in [6, 6.07) is -0.422. The maximum absolute atomic E-state index is 12.0. The van der Waals surface area contributed by atoms with Gasteiger partial charge in [-0.2, -0.15) is 17.0 Å². The van der Waals surface area contributed by atoms with E-state index in [9.17, 15) is 18.0 Å². The Morgan fingerprint density at radius 3 is 2.11 bits per heavy atom. The van der Waals surface area contributed by atoms with Crippen molar-refractivity contribution in [2.24, 2.45) is 0 Å². The molecule has 0 saturated carbocycles. The Morgan fingerprint density at radius 2 is 1.74 bits per heavy atom. The largest absolute Gasteiger partial charge is 0.324 e. The molecule has 0 bridgehead atoms. The van der Waals surface area contributed by atoms with Crippen LogP contribution in [0.25, 0.3) is 0 Å². The van der Waals surface area contributed by atoms with Crippen molar-refractivity contribution in [3.63, 3.8) is 0 Å². The Balaban J connectivity index is 2.12.